The fourth-order valence-electron chi connectivity index (χ4n) is 0.999. The molecule has 0 atom stereocenters. The Labute approximate surface area is 93.7 Å². The lowest BCUT2D eigenvalue weighted by atomic mass is 10.1. The van der Waals surface area contributed by atoms with Crippen LogP contribution in [0.1, 0.15) is 20.8 Å². The summed E-state index contributed by atoms with van der Waals surface area (Å²) in [7, 11) is 0. The number of hydrogen-bond donors (Lipinski definition) is 2. The Morgan fingerprint density at radius 2 is 2.25 bits per heavy atom. The van der Waals surface area contributed by atoms with E-state index in [2.05, 4.69) is 15.3 Å². The van der Waals surface area contributed by atoms with Gasteiger partial charge in [-0.05, 0) is 20.8 Å². The van der Waals surface area contributed by atoms with Gasteiger partial charge >= 0.3 is 5.97 Å². The van der Waals surface area contributed by atoms with Gasteiger partial charge in [-0.1, -0.05) is 0 Å². The number of hydrogen-bond acceptors (Lipinski definition) is 5. The summed E-state index contributed by atoms with van der Waals surface area (Å²) in [6.07, 6.45) is 2.93. The zero-order valence-corrected chi connectivity index (χ0v) is 9.52. The Bertz CT molecular complexity index is 379. The average Bonchev–Trinajstić information content (AvgIpc) is 2.17. The summed E-state index contributed by atoms with van der Waals surface area (Å²) in [5.74, 6) is -0.219. The normalized spacial score (nSPS) is 10.9. The molecule has 0 fully saturated rings. The topological polar surface area (TPSA) is 84.3 Å². The van der Waals surface area contributed by atoms with E-state index in [1.165, 1.54) is 12.4 Å². The molecule has 1 aromatic heterocycles. The highest BCUT2D eigenvalue weighted by Gasteiger charge is 2.27. The van der Waals surface area contributed by atoms with Crippen molar-refractivity contribution in [3.8, 4) is 5.88 Å². The maximum Gasteiger partial charge on any atom is 0.328 e. The molecule has 0 aliphatic rings. The summed E-state index contributed by atoms with van der Waals surface area (Å²) in [6, 6.07) is 0. The minimum absolute atomic E-state index is 0.369. The molecule has 0 amide bonds. The Morgan fingerprint density at radius 1 is 1.56 bits per heavy atom. The van der Waals surface area contributed by atoms with Crippen molar-refractivity contribution in [3.63, 3.8) is 0 Å². The first-order chi connectivity index (χ1) is 7.45. The second kappa shape index (κ2) is 4.78. The van der Waals surface area contributed by atoms with Gasteiger partial charge in [0.05, 0.1) is 19.0 Å². The first-order valence-corrected chi connectivity index (χ1v) is 4.92. The Balaban J connectivity index is 2.81. The fourth-order valence-corrected chi connectivity index (χ4v) is 0.999. The molecule has 0 bridgehead atoms. The van der Waals surface area contributed by atoms with Gasteiger partial charge in [-0.25, -0.2) is 4.79 Å². The van der Waals surface area contributed by atoms with Gasteiger partial charge < -0.3 is 15.2 Å². The van der Waals surface area contributed by atoms with Gasteiger partial charge in [0.1, 0.15) is 11.4 Å². The van der Waals surface area contributed by atoms with Gasteiger partial charge in [-0.2, -0.15) is 4.98 Å². The molecule has 2 N–H and O–H groups in total. The lowest BCUT2D eigenvalue weighted by Crippen LogP contribution is -2.40. The molecule has 6 heteroatoms. The lowest BCUT2D eigenvalue weighted by molar-refractivity contribution is -0.141. The molecule has 0 aliphatic carbocycles. The number of nitrogens with one attached hydrogen (secondary N) is 1. The van der Waals surface area contributed by atoms with E-state index in [0.29, 0.717) is 18.3 Å². The number of ether oxygens (including phenoxy) is 1. The van der Waals surface area contributed by atoms with E-state index < -0.39 is 11.5 Å². The molecule has 88 valence electrons. The molecular formula is C10H15N3O3. The van der Waals surface area contributed by atoms with Crippen LogP contribution in [0.25, 0.3) is 0 Å². The van der Waals surface area contributed by atoms with Crippen molar-refractivity contribution < 1.29 is 14.6 Å². The van der Waals surface area contributed by atoms with Gasteiger partial charge in [-0.3, -0.25) is 4.98 Å². The van der Waals surface area contributed by atoms with E-state index in [0.717, 1.165) is 0 Å². The summed E-state index contributed by atoms with van der Waals surface area (Å²) < 4.78 is 5.16. The van der Waals surface area contributed by atoms with Gasteiger partial charge in [0, 0.05) is 0 Å². The molecule has 0 saturated heterocycles. The number of rotatable bonds is 5. The number of aromatic nitrogens is 2. The Kier molecular flexibility index (Phi) is 3.65. The van der Waals surface area contributed by atoms with Crippen molar-refractivity contribution in [2.75, 3.05) is 11.9 Å². The molecular weight excluding hydrogens is 210 g/mol. The molecule has 0 radical (unpaired) electrons. The number of carbonyl (C=O) groups is 1. The molecule has 0 aliphatic heterocycles. The van der Waals surface area contributed by atoms with Gasteiger partial charge in [0.15, 0.2) is 0 Å². The highest BCUT2D eigenvalue weighted by Crippen LogP contribution is 2.14. The van der Waals surface area contributed by atoms with Crippen LogP contribution in [0.15, 0.2) is 12.4 Å². The Morgan fingerprint density at radius 3 is 2.81 bits per heavy atom. The molecule has 6 nitrogen and oxygen atoms in total. The van der Waals surface area contributed by atoms with E-state index in [-0.39, 0.29) is 0 Å². The summed E-state index contributed by atoms with van der Waals surface area (Å²) >= 11 is 0. The minimum Gasteiger partial charge on any atom is -0.480 e. The first kappa shape index (κ1) is 12.2. The van der Waals surface area contributed by atoms with Crippen molar-refractivity contribution in [2.24, 2.45) is 0 Å². The van der Waals surface area contributed by atoms with Crippen LogP contribution in [-0.2, 0) is 4.79 Å². The van der Waals surface area contributed by atoms with E-state index in [4.69, 9.17) is 9.84 Å². The molecule has 16 heavy (non-hydrogen) atoms. The number of nitrogens with zero attached hydrogens (tertiary/aromatic N) is 2. The monoisotopic (exact) mass is 225 g/mol. The third kappa shape index (κ3) is 3.08. The predicted octanol–water partition coefficient (Wildman–Crippen LogP) is 1.15. The van der Waals surface area contributed by atoms with Gasteiger partial charge in [0.25, 0.3) is 0 Å². The number of anilines is 1. The van der Waals surface area contributed by atoms with Gasteiger partial charge in [-0.15, -0.1) is 0 Å². The van der Waals surface area contributed by atoms with Crippen molar-refractivity contribution >= 4 is 11.8 Å². The smallest absolute Gasteiger partial charge is 0.328 e. The van der Waals surface area contributed by atoms with Crippen LogP contribution in [-0.4, -0.2) is 33.2 Å². The van der Waals surface area contributed by atoms with Crippen LogP contribution in [0.3, 0.4) is 0 Å². The number of aliphatic carboxylic acids is 1. The molecule has 0 saturated carbocycles. The van der Waals surface area contributed by atoms with E-state index in [1.807, 2.05) is 6.92 Å². The average molecular weight is 225 g/mol. The molecule has 1 aromatic rings. The van der Waals surface area contributed by atoms with Crippen molar-refractivity contribution in [3.05, 3.63) is 12.4 Å². The van der Waals surface area contributed by atoms with E-state index in [9.17, 15) is 4.79 Å². The summed E-state index contributed by atoms with van der Waals surface area (Å²) in [6.45, 7) is 5.41. The van der Waals surface area contributed by atoms with Gasteiger partial charge in [0.2, 0.25) is 5.88 Å². The molecule has 0 aromatic carbocycles. The number of carboxylic acids is 1. The molecule has 0 unspecified atom stereocenters. The van der Waals surface area contributed by atoms with Crippen LogP contribution >= 0.6 is 0 Å². The highest BCUT2D eigenvalue weighted by atomic mass is 16.5. The fraction of sp³-hybridized carbons (Fsp3) is 0.500. The lowest BCUT2D eigenvalue weighted by Gasteiger charge is -2.21. The number of carboxylic acid groups (broad SMARTS) is 1. The summed E-state index contributed by atoms with van der Waals surface area (Å²) in [5, 5.41) is 11.7. The summed E-state index contributed by atoms with van der Waals surface area (Å²) in [4.78, 5) is 18.9. The SMILES string of the molecule is CCOc1cncc(NC(C)(C)C(=O)O)n1. The standard InChI is InChI=1S/C10H15N3O3/c1-4-16-8-6-11-5-7(12-8)13-10(2,3)9(14)15/h5-6H,4H2,1-3H3,(H,12,13)(H,14,15). The second-order valence-electron chi connectivity index (χ2n) is 3.73. The van der Waals surface area contributed by atoms with Crippen LogP contribution in [0.2, 0.25) is 0 Å². The van der Waals surface area contributed by atoms with Crippen LogP contribution in [0, 0.1) is 0 Å². The van der Waals surface area contributed by atoms with E-state index >= 15 is 0 Å². The zero-order valence-electron chi connectivity index (χ0n) is 9.52. The second-order valence-corrected chi connectivity index (χ2v) is 3.73. The first-order valence-electron chi connectivity index (χ1n) is 4.92. The van der Waals surface area contributed by atoms with Crippen LogP contribution in [0.4, 0.5) is 5.82 Å². The van der Waals surface area contributed by atoms with Crippen molar-refractivity contribution in [1.29, 1.82) is 0 Å². The Hall–Kier alpha value is -1.85. The highest BCUT2D eigenvalue weighted by molar-refractivity contribution is 5.81. The largest absolute Gasteiger partial charge is 0.480 e. The third-order valence-corrected chi connectivity index (χ3v) is 1.88. The zero-order chi connectivity index (χ0) is 12.2. The van der Waals surface area contributed by atoms with Crippen molar-refractivity contribution in [2.45, 2.75) is 26.3 Å². The van der Waals surface area contributed by atoms with Crippen LogP contribution in [0.5, 0.6) is 5.88 Å². The minimum atomic E-state index is -1.10. The quantitative estimate of drug-likeness (QED) is 0.782. The van der Waals surface area contributed by atoms with E-state index in [1.54, 1.807) is 13.8 Å². The molecule has 0 spiro atoms. The van der Waals surface area contributed by atoms with Crippen molar-refractivity contribution in [1.82, 2.24) is 9.97 Å². The van der Waals surface area contributed by atoms with Crippen LogP contribution < -0.4 is 10.1 Å². The third-order valence-electron chi connectivity index (χ3n) is 1.88. The maximum absolute atomic E-state index is 10.9. The maximum atomic E-state index is 10.9. The summed E-state index contributed by atoms with van der Waals surface area (Å²) in [5.41, 5.74) is -1.10. The molecule has 1 rings (SSSR count). The predicted molar refractivity (Wildman–Crippen MR) is 58.5 cm³/mol. The molecule has 1 heterocycles.